The van der Waals surface area contributed by atoms with E-state index in [9.17, 15) is 4.79 Å². The van der Waals surface area contributed by atoms with Gasteiger partial charge in [-0.15, -0.1) is 12.4 Å². The summed E-state index contributed by atoms with van der Waals surface area (Å²) in [5, 5.41) is 1.11. The van der Waals surface area contributed by atoms with Crippen LogP contribution in [0.15, 0.2) is 52.3 Å². The number of hydrogen-bond donors (Lipinski definition) is 0. The van der Waals surface area contributed by atoms with Crippen LogP contribution >= 0.6 is 47.4 Å². The summed E-state index contributed by atoms with van der Waals surface area (Å²) in [6.07, 6.45) is 1.84. The number of rotatable bonds is 4. The third kappa shape index (κ3) is 4.76. The van der Waals surface area contributed by atoms with Gasteiger partial charge in [0.05, 0.1) is 10.6 Å². The van der Waals surface area contributed by atoms with Crippen LogP contribution in [0.4, 0.5) is 5.69 Å². The van der Waals surface area contributed by atoms with Gasteiger partial charge in [0, 0.05) is 28.0 Å². The summed E-state index contributed by atoms with van der Waals surface area (Å²) in [6.45, 7) is 1.43. The van der Waals surface area contributed by atoms with Crippen LogP contribution in [-0.2, 0) is 4.79 Å². The number of para-hydroxylation sites is 1. The Balaban J connectivity index is 0.00000243. The van der Waals surface area contributed by atoms with Gasteiger partial charge in [-0.1, -0.05) is 53.2 Å². The Morgan fingerprint density at radius 1 is 1.15 bits per heavy atom. The Kier molecular flexibility index (Phi) is 7.44. The topological polar surface area (TPSA) is 23.6 Å². The van der Waals surface area contributed by atoms with Crippen LogP contribution in [0.3, 0.4) is 0 Å². The van der Waals surface area contributed by atoms with E-state index in [0.29, 0.717) is 21.5 Å². The number of hydrogen-bond acceptors (Lipinski definition) is 3. The second-order valence-corrected chi connectivity index (χ2v) is 7.93. The van der Waals surface area contributed by atoms with Crippen LogP contribution in [-0.4, -0.2) is 38.0 Å². The number of carbonyl (C=O) groups excluding carboxylic acids is 1. The van der Waals surface area contributed by atoms with Crippen LogP contribution < -0.4 is 4.90 Å². The summed E-state index contributed by atoms with van der Waals surface area (Å²) in [5.41, 5.74) is 1.74. The maximum absolute atomic E-state index is 13.0. The molecular weight excluding hydrogens is 411 g/mol. The Labute approximate surface area is 174 Å². The third-order valence-corrected chi connectivity index (χ3v) is 5.49. The molecule has 26 heavy (non-hydrogen) atoms. The van der Waals surface area contributed by atoms with E-state index in [2.05, 4.69) is 4.90 Å². The predicted octanol–water partition coefficient (Wildman–Crippen LogP) is 5.46. The van der Waals surface area contributed by atoms with Gasteiger partial charge in [-0.25, -0.2) is 0 Å². The molecule has 2 aromatic rings. The lowest BCUT2D eigenvalue weighted by molar-refractivity contribution is -0.114. The quantitative estimate of drug-likeness (QED) is 0.603. The Morgan fingerprint density at radius 3 is 2.58 bits per heavy atom. The summed E-state index contributed by atoms with van der Waals surface area (Å²) in [5.74, 6) is -0.00318. The number of benzene rings is 2. The molecule has 2 aromatic carbocycles. The predicted molar refractivity (Wildman–Crippen MR) is 115 cm³/mol. The molecule has 1 aliphatic rings. The lowest BCUT2D eigenvalue weighted by atomic mass is 10.2. The fraction of sp³-hybridized carbons (Fsp3) is 0.211. The molecule has 1 amide bonds. The third-order valence-electron chi connectivity index (χ3n) is 3.85. The molecule has 0 N–H and O–H groups in total. The van der Waals surface area contributed by atoms with E-state index >= 15 is 0 Å². The summed E-state index contributed by atoms with van der Waals surface area (Å²) in [7, 11) is 4.00. The van der Waals surface area contributed by atoms with Gasteiger partial charge in [-0.2, -0.15) is 0 Å². The zero-order valence-corrected chi connectivity index (χ0v) is 17.6. The van der Waals surface area contributed by atoms with E-state index in [4.69, 9.17) is 23.2 Å². The lowest BCUT2D eigenvalue weighted by Gasteiger charge is -2.31. The fourth-order valence-electron chi connectivity index (χ4n) is 2.54. The summed E-state index contributed by atoms with van der Waals surface area (Å²) in [6, 6.07) is 13.3. The number of fused-ring (bicyclic) bond motifs is 1. The minimum absolute atomic E-state index is 0. The molecule has 0 aromatic heterocycles. The molecule has 3 rings (SSSR count). The fourth-order valence-corrected chi connectivity index (χ4v) is 4.06. The SMILES string of the molecule is CN(C)CCN1C(=O)/C(=C/c2ccc(Cl)cc2Cl)Sc2ccccc21.Cl. The van der Waals surface area contributed by atoms with Crippen molar-refractivity contribution < 1.29 is 4.79 Å². The van der Waals surface area contributed by atoms with Crippen molar-refractivity contribution in [1.29, 1.82) is 0 Å². The second kappa shape index (κ2) is 9.16. The molecule has 1 heterocycles. The summed E-state index contributed by atoms with van der Waals surface area (Å²) in [4.78, 5) is 18.7. The highest BCUT2D eigenvalue weighted by Crippen LogP contribution is 2.42. The summed E-state index contributed by atoms with van der Waals surface area (Å²) >= 11 is 13.7. The van der Waals surface area contributed by atoms with Gasteiger partial charge in [0.1, 0.15) is 0 Å². The average Bonchev–Trinajstić information content (AvgIpc) is 2.57. The van der Waals surface area contributed by atoms with Gasteiger partial charge in [0.2, 0.25) is 0 Å². The lowest BCUT2D eigenvalue weighted by Crippen LogP contribution is -2.39. The highest BCUT2D eigenvalue weighted by Gasteiger charge is 2.28. The maximum atomic E-state index is 13.0. The Bertz CT molecular complexity index is 839. The molecule has 0 spiro atoms. The van der Waals surface area contributed by atoms with E-state index in [0.717, 1.165) is 22.7 Å². The molecular formula is C19H19Cl3N2OS. The van der Waals surface area contributed by atoms with E-state index in [1.54, 1.807) is 12.1 Å². The van der Waals surface area contributed by atoms with Crippen LogP contribution in [0, 0.1) is 0 Å². The van der Waals surface area contributed by atoms with Gasteiger partial charge in [0.25, 0.3) is 5.91 Å². The van der Waals surface area contributed by atoms with E-state index in [1.807, 2.05) is 55.4 Å². The van der Waals surface area contributed by atoms with Crippen LogP contribution in [0.2, 0.25) is 10.0 Å². The zero-order chi connectivity index (χ0) is 18.0. The zero-order valence-electron chi connectivity index (χ0n) is 14.4. The largest absolute Gasteiger partial charge is 0.308 e. The molecule has 138 valence electrons. The molecule has 7 heteroatoms. The second-order valence-electron chi connectivity index (χ2n) is 6.00. The highest BCUT2D eigenvalue weighted by molar-refractivity contribution is 8.04. The van der Waals surface area contributed by atoms with Crippen molar-refractivity contribution in [3.63, 3.8) is 0 Å². The molecule has 0 unspecified atom stereocenters. The van der Waals surface area contributed by atoms with Crippen molar-refractivity contribution in [1.82, 2.24) is 4.90 Å². The number of nitrogens with zero attached hydrogens (tertiary/aromatic N) is 2. The molecule has 0 radical (unpaired) electrons. The van der Waals surface area contributed by atoms with Crippen molar-refractivity contribution in [3.8, 4) is 0 Å². The molecule has 0 saturated carbocycles. The number of carbonyl (C=O) groups is 1. The van der Waals surface area contributed by atoms with Crippen molar-refractivity contribution in [2.45, 2.75) is 4.90 Å². The van der Waals surface area contributed by atoms with Gasteiger partial charge < -0.3 is 9.80 Å². The number of halogens is 3. The molecule has 0 saturated heterocycles. The molecule has 0 fully saturated rings. The van der Waals surface area contributed by atoms with E-state index in [1.165, 1.54) is 11.8 Å². The number of anilines is 1. The number of amides is 1. The number of likely N-dealkylation sites (N-methyl/N-ethyl adjacent to an activating group) is 1. The standard InChI is InChI=1S/C19H18Cl2N2OS.ClH/c1-22(2)9-10-23-16-5-3-4-6-17(16)25-18(19(23)24)11-13-7-8-14(20)12-15(13)21;/h3-8,11-12H,9-10H2,1-2H3;1H/b18-11-;. The Hall–Kier alpha value is -1.17. The van der Waals surface area contributed by atoms with Crippen molar-refractivity contribution in [2.24, 2.45) is 0 Å². The van der Waals surface area contributed by atoms with Gasteiger partial charge in [-0.05, 0) is 50.0 Å². The minimum Gasteiger partial charge on any atom is -0.308 e. The van der Waals surface area contributed by atoms with Crippen molar-refractivity contribution in [2.75, 3.05) is 32.1 Å². The first-order valence-corrected chi connectivity index (χ1v) is 9.43. The molecule has 3 nitrogen and oxygen atoms in total. The normalized spacial score (nSPS) is 15.2. The Morgan fingerprint density at radius 2 is 1.88 bits per heavy atom. The molecule has 0 bridgehead atoms. The van der Waals surface area contributed by atoms with Crippen LogP contribution in [0.5, 0.6) is 0 Å². The van der Waals surface area contributed by atoms with Crippen molar-refractivity contribution in [3.05, 3.63) is 63.0 Å². The highest BCUT2D eigenvalue weighted by atomic mass is 35.5. The monoisotopic (exact) mass is 428 g/mol. The molecule has 0 aliphatic carbocycles. The van der Waals surface area contributed by atoms with Gasteiger partial charge in [-0.3, -0.25) is 4.79 Å². The summed E-state index contributed by atoms with van der Waals surface area (Å²) < 4.78 is 0. The van der Waals surface area contributed by atoms with Gasteiger partial charge in [0.15, 0.2) is 0 Å². The van der Waals surface area contributed by atoms with Crippen LogP contribution in [0.25, 0.3) is 6.08 Å². The maximum Gasteiger partial charge on any atom is 0.265 e. The van der Waals surface area contributed by atoms with Gasteiger partial charge >= 0.3 is 0 Å². The molecule has 0 atom stereocenters. The first-order valence-electron chi connectivity index (χ1n) is 7.86. The van der Waals surface area contributed by atoms with Crippen molar-refractivity contribution >= 4 is 65.0 Å². The first-order chi connectivity index (χ1) is 12.0. The van der Waals surface area contributed by atoms with Crippen LogP contribution in [0.1, 0.15) is 5.56 Å². The minimum atomic E-state index is -0.00318. The average molecular weight is 430 g/mol. The van der Waals surface area contributed by atoms with E-state index in [-0.39, 0.29) is 18.3 Å². The first kappa shape index (κ1) is 21.1. The van der Waals surface area contributed by atoms with E-state index < -0.39 is 0 Å². The number of thioether (sulfide) groups is 1. The smallest absolute Gasteiger partial charge is 0.265 e. The molecule has 1 aliphatic heterocycles.